The van der Waals surface area contributed by atoms with Crippen LogP contribution >= 0.6 is 0 Å². The third-order valence-electron chi connectivity index (χ3n) is 7.90. The molecule has 3 N–H and O–H groups in total. The first-order chi connectivity index (χ1) is 18.9. The quantitative estimate of drug-likeness (QED) is 0.169. The predicted molar refractivity (Wildman–Crippen MR) is 160 cm³/mol. The van der Waals surface area contributed by atoms with E-state index in [0.29, 0.717) is 36.0 Å². The Kier molecular flexibility index (Phi) is 9.81. The van der Waals surface area contributed by atoms with Gasteiger partial charge in [0, 0.05) is 28.6 Å². The Morgan fingerprint density at radius 1 is 0.975 bits per heavy atom. The van der Waals surface area contributed by atoms with Crippen molar-refractivity contribution in [2.24, 2.45) is 0 Å². The van der Waals surface area contributed by atoms with Crippen molar-refractivity contribution in [1.29, 1.82) is 5.26 Å². The summed E-state index contributed by atoms with van der Waals surface area (Å²) in [5.74, 6) is -0.250. The molecule has 3 rings (SSSR count). The van der Waals surface area contributed by atoms with Crippen LogP contribution in [0.3, 0.4) is 0 Å². The molecule has 0 heterocycles. The first-order valence-electron chi connectivity index (χ1n) is 13.9. The third-order valence-corrected chi connectivity index (χ3v) is 7.90. The topological polar surface area (TPSA) is 111 Å². The number of phenols is 1. The maximum atomic E-state index is 13.0. The van der Waals surface area contributed by atoms with Crippen LogP contribution in [0.25, 0.3) is 10.8 Å². The molecular formula is C33H41N3O4. The Balaban J connectivity index is 1.70. The highest BCUT2D eigenvalue weighted by molar-refractivity contribution is 6.11. The molecule has 0 saturated heterocycles. The van der Waals surface area contributed by atoms with Crippen molar-refractivity contribution >= 4 is 28.3 Å². The van der Waals surface area contributed by atoms with Gasteiger partial charge < -0.3 is 20.5 Å². The number of anilines is 1. The first kappa shape index (κ1) is 30.5. The second-order valence-corrected chi connectivity index (χ2v) is 11.4. The first-order valence-corrected chi connectivity index (χ1v) is 13.9. The van der Waals surface area contributed by atoms with Gasteiger partial charge in [0.05, 0.1) is 18.2 Å². The molecule has 3 aromatic rings. The third kappa shape index (κ3) is 6.93. The van der Waals surface area contributed by atoms with E-state index in [1.165, 1.54) is 17.2 Å². The van der Waals surface area contributed by atoms with Crippen LogP contribution in [-0.4, -0.2) is 30.1 Å². The monoisotopic (exact) mass is 543 g/mol. The van der Waals surface area contributed by atoms with Crippen molar-refractivity contribution in [1.82, 2.24) is 5.32 Å². The molecule has 0 bridgehead atoms. The van der Waals surface area contributed by atoms with Gasteiger partial charge in [-0.05, 0) is 47.8 Å². The van der Waals surface area contributed by atoms with E-state index in [1.54, 1.807) is 24.3 Å². The Labute approximate surface area is 237 Å². The molecule has 0 unspecified atom stereocenters. The van der Waals surface area contributed by atoms with Crippen molar-refractivity contribution < 1.29 is 19.4 Å². The van der Waals surface area contributed by atoms with E-state index in [0.717, 1.165) is 18.6 Å². The molecule has 0 radical (unpaired) electrons. The molecule has 40 heavy (non-hydrogen) atoms. The molecule has 7 heteroatoms. The fraction of sp³-hybridized carbons (Fsp3) is 0.424. The summed E-state index contributed by atoms with van der Waals surface area (Å²) >= 11 is 0. The number of fused-ring (bicyclic) bond motifs is 1. The predicted octanol–water partition coefficient (Wildman–Crippen LogP) is 6.97. The highest BCUT2D eigenvalue weighted by atomic mass is 16.5. The Morgan fingerprint density at radius 2 is 1.65 bits per heavy atom. The second kappa shape index (κ2) is 12.9. The largest absolute Gasteiger partial charge is 0.506 e. The van der Waals surface area contributed by atoms with Gasteiger partial charge in [0.2, 0.25) is 5.91 Å². The van der Waals surface area contributed by atoms with Crippen LogP contribution in [-0.2, 0) is 15.6 Å². The number of nitrogens with one attached hydrogen (secondary N) is 2. The number of carbonyl (C=O) groups excluding carboxylic acids is 2. The zero-order chi connectivity index (χ0) is 29.5. The van der Waals surface area contributed by atoms with Gasteiger partial charge in [-0.1, -0.05) is 77.9 Å². The maximum absolute atomic E-state index is 13.0. The molecule has 0 atom stereocenters. The second-order valence-electron chi connectivity index (χ2n) is 11.4. The highest BCUT2D eigenvalue weighted by Crippen LogP contribution is 2.39. The molecule has 0 aromatic heterocycles. The molecule has 3 aromatic carbocycles. The minimum absolute atomic E-state index is 0.0443. The molecule has 0 aliphatic heterocycles. The van der Waals surface area contributed by atoms with Gasteiger partial charge >= 0.3 is 0 Å². The minimum atomic E-state index is -0.487. The lowest BCUT2D eigenvalue weighted by molar-refractivity contribution is -0.115. The van der Waals surface area contributed by atoms with Crippen molar-refractivity contribution in [2.75, 3.05) is 18.5 Å². The number of phenolic OH excluding ortho intramolecular Hbond substituents is 1. The smallest absolute Gasteiger partial charge is 0.255 e. The van der Waals surface area contributed by atoms with Crippen LogP contribution in [0, 0.1) is 11.3 Å². The summed E-state index contributed by atoms with van der Waals surface area (Å²) in [6.07, 6.45) is 2.27. The standard InChI is InChI=1S/C33H41N3O4/c1-7-32(3,4)22-14-15-28(26(20-22)33(5,6)8-2)40-19-11-18-35-31(39)25-21-27(36-29(37)16-17-34)23-12-9-10-13-24(23)30(25)38/h9-10,12-15,20-21,38H,7-8,11,16,18-19H2,1-6H3,(H,35,39)(H,36,37). The summed E-state index contributed by atoms with van der Waals surface area (Å²) in [6, 6.07) is 16.7. The van der Waals surface area contributed by atoms with Crippen LogP contribution in [0.5, 0.6) is 11.5 Å². The van der Waals surface area contributed by atoms with Crippen LogP contribution in [0.2, 0.25) is 0 Å². The molecule has 0 spiro atoms. The SMILES string of the molecule is CCC(C)(C)c1ccc(OCCCNC(=O)c2cc(NC(=O)CC#N)c3ccccc3c2O)c(C(C)(C)CC)c1. The molecular weight excluding hydrogens is 502 g/mol. The molecule has 0 fully saturated rings. The van der Waals surface area contributed by atoms with Crippen LogP contribution in [0.15, 0.2) is 48.5 Å². The average Bonchev–Trinajstić information content (AvgIpc) is 2.94. The lowest BCUT2D eigenvalue weighted by Crippen LogP contribution is -2.26. The summed E-state index contributed by atoms with van der Waals surface area (Å²) in [4.78, 5) is 25.1. The molecule has 212 valence electrons. The number of hydrogen-bond acceptors (Lipinski definition) is 5. The number of benzene rings is 3. The Morgan fingerprint density at radius 3 is 2.30 bits per heavy atom. The number of nitrogens with zero attached hydrogens (tertiary/aromatic N) is 1. The van der Waals surface area contributed by atoms with Gasteiger partial charge in [-0.3, -0.25) is 9.59 Å². The van der Waals surface area contributed by atoms with Crippen LogP contribution in [0.4, 0.5) is 5.69 Å². The van der Waals surface area contributed by atoms with Gasteiger partial charge in [0.25, 0.3) is 5.91 Å². The Hall–Kier alpha value is -4.05. The summed E-state index contributed by atoms with van der Waals surface area (Å²) in [5.41, 5.74) is 2.93. The van der Waals surface area contributed by atoms with Crippen LogP contribution in [0.1, 0.15) is 88.7 Å². The fourth-order valence-electron chi connectivity index (χ4n) is 4.45. The van der Waals surface area contributed by atoms with Gasteiger partial charge in [-0.2, -0.15) is 5.26 Å². The zero-order valence-corrected chi connectivity index (χ0v) is 24.5. The number of aromatic hydroxyl groups is 1. The number of nitriles is 1. The van der Waals surface area contributed by atoms with Crippen molar-refractivity contribution in [3.8, 4) is 17.6 Å². The van der Waals surface area contributed by atoms with Crippen LogP contribution < -0.4 is 15.4 Å². The van der Waals surface area contributed by atoms with Gasteiger partial charge in [0.1, 0.15) is 17.9 Å². The average molecular weight is 544 g/mol. The summed E-state index contributed by atoms with van der Waals surface area (Å²) < 4.78 is 6.21. The number of carbonyl (C=O) groups is 2. The molecule has 0 saturated carbocycles. The maximum Gasteiger partial charge on any atom is 0.255 e. The zero-order valence-electron chi connectivity index (χ0n) is 24.5. The summed E-state index contributed by atoms with van der Waals surface area (Å²) in [6.45, 7) is 14.1. The van der Waals surface area contributed by atoms with E-state index >= 15 is 0 Å². The van der Waals surface area contributed by atoms with Gasteiger partial charge in [0.15, 0.2) is 0 Å². The van der Waals surface area contributed by atoms with Crippen molar-refractivity contribution in [2.45, 2.75) is 78.1 Å². The number of ether oxygens (including phenoxy) is 1. The number of hydrogen-bond donors (Lipinski definition) is 3. The molecule has 7 nitrogen and oxygen atoms in total. The summed E-state index contributed by atoms with van der Waals surface area (Å²) in [5, 5.41) is 26.2. The summed E-state index contributed by atoms with van der Waals surface area (Å²) in [7, 11) is 0. The van der Waals surface area contributed by atoms with E-state index < -0.39 is 11.8 Å². The highest BCUT2D eigenvalue weighted by Gasteiger charge is 2.26. The van der Waals surface area contributed by atoms with Gasteiger partial charge in [-0.25, -0.2) is 0 Å². The normalized spacial score (nSPS) is 11.6. The van der Waals surface area contributed by atoms with E-state index in [-0.39, 0.29) is 28.6 Å². The molecule has 2 amide bonds. The molecule has 0 aliphatic carbocycles. The minimum Gasteiger partial charge on any atom is -0.506 e. The fourth-order valence-corrected chi connectivity index (χ4v) is 4.45. The lowest BCUT2D eigenvalue weighted by Gasteiger charge is -2.30. The molecule has 0 aliphatic rings. The van der Waals surface area contributed by atoms with E-state index in [4.69, 9.17) is 10.00 Å². The van der Waals surface area contributed by atoms with E-state index in [2.05, 4.69) is 70.4 Å². The van der Waals surface area contributed by atoms with Gasteiger partial charge in [-0.15, -0.1) is 0 Å². The van der Waals surface area contributed by atoms with Crippen molar-refractivity contribution in [3.05, 3.63) is 65.2 Å². The van der Waals surface area contributed by atoms with E-state index in [9.17, 15) is 14.7 Å². The lowest BCUT2D eigenvalue weighted by atomic mass is 9.76. The Bertz CT molecular complexity index is 1420. The number of amides is 2. The number of rotatable bonds is 12. The van der Waals surface area contributed by atoms with E-state index in [1.807, 2.05) is 6.07 Å². The van der Waals surface area contributed by atoms with Crippen molar-refractivity contribution in [3.63, 3.8) is 0 Å².